The summed E-state index contributed by atoms with van der Waals surface area (Å²) in [6, 6.07) is 5.24. The van der Waals surface area contributed by atoms with Gasteiger partial charge in [0.05, 0.1) is 12.0 Å². The third-order valence-electron chi connectivity index (χ3n) is 5.84. The second-order valence-corrected chi connectivity index (χ2v) is 9.21. The molecule has 5 heteroatoms. The van der Waals surface area contributed by atoms with E-state index in [0.717, 1.165) is 25.7 Å². The summed E-state index contributed by atoms with van der Waals surface area (Å²) in [5.74, 6) is 0.0925. The molecule has 5 nitrogen and oxygen atoms in total. The first kappa shape index (κ1) is 27.6. The lowest BCUT2D eigenvalue weighted by Gasteiger charge is -2.11. The zero-order valence-corrected chi connectivity index (χ0v) is 21.5. The molecule has 0 amide bonds. The van der Waals surface area contributed by atoms with Gasteiger partial charge in [0.1, 0.15) is 6.61 Å². The van der Waals surface area contributed by atoms with E-state index in [1.807, 2.05) is 13.0 Å². The number of allylic oxidation sites excluding steroid dienone is 3. The van der Waals surface area contributed by atoms with Crippen molar-refractivity contribution in [2.45, 2.75) is 91.9 Å². The van der Waals surface area contributed by atoms with E-state index in [1.54, 1.807) is 18.2 Å². The van der Waals surface area contributed by atoms with Gasteiger partial charge in [0, 0.05) is 0 Å². The van der Waals surface area contributed by atoms with Crippen LogP contribution >= 0.6 is 0 Å². The molecular weight excluding hydrogens is 428 g/mol. The molecule has 0 saturated carbocycles. The quantitative estimate of drug-likeness (QED) is 0.152. The van der Waals surface area contributed by atoms with Crippen LogP contribution in [0, 0.1) is 0 Å². The summed E-state index contributed by atoms with van der Waals surface area (Å²) >= 11 is 0. The molecule has 0 atom stereocenters. The van der Waals surface area contributed by atoms with Crippen molar-refractivity contribution in [1.29, 1.82) is 0 Å². The molecule has 0 unspecified atom stereocenters. The van der Waals surface area contributed by atoms with Crippen molar-refractivity contribution in [2.75, 3.05) is 13.2 Å². The molecule has 0 aliphatic heterocycles. The molecule has 0 aliphatic carbocycles. The van der Waals surface area contributed by atoms with Crippen LogP contribution in [0.1, 0.15) is 91.9 Å². The zero-order chi connectivity index (χ0) is 24.8. The Morgan fingerprint density at radius 1 is 0.971 bits per heavy atom. The average Bonchev–Trinajstić information content (AvgIpc) is 2.80. The van der Waals surface area contributed by atoms with Gasteiger partial charge in [-0.3, -0.25) is 0 Å². The number of ether oxygens (including phenoxy) is 2. The Hall–Kier alpha value is -2.69. The van der Waals surface area contributed by atoms with E-state index < -0.39 is 5.63 Å². The van der Waals surface area contributed by atoms with E-state index in [0.29, 0.717) is 17.7 Å². The Bertz CT molecular complexity index is 995. The van der Waals surface area contributed by atoms with E-state index in [4.69, 9.17) is 13.9 Å². The molecule has 1 N–H and O–H groups in total. The third-order valence-corrected chi connectivity index (χ3v) is 5.84. The van der Waals surface area contributed by atoms with E-state index >= 15 is 0 Å². The molecule has 1 aromatic carbocycles. The Kier molecular flexibility index (Phi) is 12.4. The van der Waals surface area contributed by atoms with E-state index in [2.05, 4.69) is 26.8 Å². The first-order valence-corrected chi connectivity index (χ1v) is 12.8. The molecular formula is C29H42O5. The zero-order valence-electron chi connectivity index (χ0n) is 21.5. The number of rotatable bonds is 16. The van der Waals surface area contributed by atoms with Crippen molar-refractivity contribution in [2.24, 2.45) is 0 Å². The van der Waals surface area contributed by atoms with Gasteiger partial charge in [-0.15, -0.1) is 0 Å². The fourth-order valence-electron chi connectivity index (χ4n) is 3.78. The van der Waals surface area contributed by atoms with Crippen LogP contribution in [-0.2, 0) is 0 Å². The molecule has 0 fully saturated rings. The normalized spacial score (nSPS) is 11.6. The minimum atomic E-state index is -0.705. The van der Waals surface area contributed by atoms with Gasteiger partial charge in [-0.25, -0.2) is 4.79 Å². The minimum Gasteiger partial charge on any atom is -0.504 e. The third kappa shape index (κ3) is 9.28. The number of aromatic hydroxyl groups is 1. The van der Waals surface area contributed by atoms with Crippen molar-refractivity contribution in [1.82, 2.24) is 0 Å². The molecule has 188 valence electrons. The molecule has 0 spiro atoms. The first-order chi connectivity index (χ1) is 16.4. The minimum absolute atomic E-state index is 0.166. The molecule has 0 radical (unpaired) electrons. The number of benzene rings is 1. The SMILES string of the molecule is CCCCCCCCCCOc1cccc2c(O)c(OC/C=C(\C)CCC=C(C)C)c(=O)oc12. The average molecular weight is 471 g/mol. The maximum Gasteiger partial charge on any atom is 0.383 e. The first-order valence-electron chi connectivity index (χ1n) is 12.8. The highest BCUT2D eigenvalue weighted by molar-refractivity contribution is 5.89. The number of para-hydroxylation sites is 1. The fraction of sp³-hybridized carbons (Fsp3) is 0.552. The predicted octanol–water partition coefficient (Wildman–Crippen LogP) is 8.09. The maximum atomic E-state index is 12.5. The second-order valence-electron chi connectivity index (χ2n) is 9.21. The lowest BCUT2D eigenvalue weighted by molar-refractivity contribution is 0.296. The van der Waals surface area contributed by atoms with Crippen LogP contribution < -0.4 is 15.1 Å². The van der Waals surface area contributed by atoms with Gasteiger partial charge in [-0.2, -0.15) is 0 Å². The van der Waals surface area contributed by atoms with Crippen LogP contribution in [0.4, 0.5) is 0 Å². The smallest absolute Gasteiger partial charge is 0.383 e. The van der Waals surface area contributed by atoms with Crippen molar-refractivity contribution in [3.05, 3.63) is 51.9 Å². The van der Waals surface area contributed by atoms with Crippen molar-refractivity contribution < 1.29 is 19.0 Å². The van der Waals surface area contributed by atoms with E-state index in [1.165, 1.54) is 49.7 Å². The largest absolute Gasteiger partial charge is 0.504 e. The Morgan fingerprint density at radius 3 is 2.38 bits per heavy atom. The van der Waals surface area contributed by atoms with Gasteiger partial charge in [-0.1, -0.05) is 75.2 Å². The van der Waals surface area contributed by atoms with Crippen molar-refractivity contribution in [3.63, 3.8) is 0 Å². The lowest BCUT2D eigenvalue weighted by atomic mass is 10.1. The van der Waals surface area contributed by atoms with Crippen molar-refractivity contribution in [3.8, 4) is 17.2 Å². The van der Waals surface area contributed by atoms with Crippen LogP contribution in [0.15, 0.2) is 50.7 Å². The van der Waals surface area contributed by atoms with Crippen LogP contribution in [0.5, 0.6) is 17.2 Å². The summed E-state index contributed by atoms with van der Waals surface area (Å²) in [5.41, 5.74) is 2.01. The molecule has 2 rings (SSSR count). The molecule has 0 saturated heterocycles. The second kappa shape index (κ2) is 15.3. The van der Waals surface area contributed by atoms with Gasteiger partial charge in [0.15, 0.2) is 17.1 Å². The summed E-state index contributed by atoms with van der Waals surface area (Å²) in [5, 5.41) is 11.1. The topological polar surface area (TPSA) is 68.9 Å². The predicted molar refractivity (Wildman–Crippen MR) is 140 cm³/mol. The van der Waals surface area contributed by atoms with E-state index in [9.17, 15) is 9.90 Å². The van der Waals surface area contributed by atoms with Crippen LogP contribution in [0.3, 0.4) is 0 Å². The van der Waals surface area contributed by atoms with Gasteiger partial charge in [0.25, 0.3) is 0 Å². The van der Waals surface area contributed by atoms with Gasteiger partial charge >= 0.3 is 5.63 Å². The summed E-state index contributed by atoms with van der Waals surface area (Å²) < 4.78 is 17.0. The molecule has 34 heavy (non-hydrogen) atoms. The van der Waals surface area contributed by atoms with Crippen LogP contribution in [0.25, 0.3) is 11.0 Å². The van der Waals surface area contributed by atoms with E-state index in [-0.39, 0.29) is 23.7 Å². The maximum absolute atomic E-state index is 12.5. The highest BCUT2D eigenvalue weighted by Gasteiger charge is 2.18. The van der Waals surface area contributed by atoms with Gasteiger partial charge in [0.2, 0.25) is 5.75 Å². The Morgan fingerprint density at radius 2 is 1.68 bits per heavy atom. The summed E-state index contributed by atoms with van der Waals surface area (Å²) in [6.07, 6.45) is 15.8. The lowest BCUT2D eigenvalue weighted by Crippen LogP contribution is -2.08. The number of hydrogen-bond donors (Lipinski definition) is 1. The number of hydrogen-bond acceptors (Lipinski definition) is 5. The summed E-state index contributed by atoms with van der Waals surface area (Å²) in [6.45, 7) is 9.16. The standard InChI is InChI=1S/C29H42O5/c1-5-6-7-8-9-10-11-12-20-32-25-18-14-17-24-26(30)28(29(31)34-27(24)25)33-21-19-23(4)16-13-15-22(2)3/h14-15,17-19,30H,5-13,16,20-21H2,1-4H3/b23-19+. The molecule has 2 aromatic rings. The summed E-state index contributed by atoms with van der Waals surface area (Å²) in [4.78, 5) is 12.5. The number of fused-ring (bicyclic) bond motifs is 1. The fourth-order valence-corrected chi connectivity index (χ4v) is 3.78. The molecule has 0 aliphatic rings. The van der Waals surface area contributed by atoms with Crippen LogP contribution in [-0.4, -0.2) is 18.3 Å². The summed E-state index contributed by atoms with van der Waals surface area (Å²) in [7, 11) is 0. The van der Waals surface area contributed by atoms with Crippen molar-refractivity contribution >= 4 is 11.0 Å². The molecule has 0 bridgehead atoms. The highest BCUT2D eigenvalue weighted by Crippen LogP contribution is 2.35. The monoisotopic (exact) mass is 470 g/mol. The van der Waals surface area contributed by atoms with Crippen LogP contribution in [0.2, 0.25) is 0 Å². The van der Waals surface area contributed by atoms with Gasteiger partial charge < -0.3 is 19.0 Å². The Labute approximate surface area is 204 Å². The van der Waals surface area contributed by atoms with Gasteiger partial charge in [-0.05, 0) is 58.2 Å². The molecule has 1 heterocycles. The Balaban J connectivity index is 1.93. The highest BCUT2D eigenvalue weighted by atomic mass is 16.5. The number of unbranched alkanes of at least 4 members (excludes halogenated alkanes) is 7. The molecule has 1 aromatic heterocycles.